The Morgan fingerprint density at radius 2 is 1.83 bits per heavy atom. The molecule has 11 heteroatoms. The van der Waals surface area contributed by atoms with Crippen molar-refractivity contribution in [1.82, 2.24) is 10.2 Å². The predicted octanol–water partition coefficient (Wildman–Crippen LogP) is 3.57. The molecule has 0 aromatic heterocycles. The second-order valence-electron chi connectivity index (χ2n) is 8.28. The molecule has 0 saturated heterocycles. The first kappa shape index (κ1) is 29.4. The molecule has 0 aliphatic carbocycles. The van der Waals surface area contributed by atoms with Gasteiger partial charge in [-0.1, -0.05) is 41.4 Å². The van der Waals surface area contributed by atoms with E-state index in [-0.39, 0.29) is 23.9 Å². The highest BCUT2D eigenvalue weighted by Crippen LogP contribution is 2.34. The molecule has 2 rings (SSSR count). The van der Waals surface area contributed by atoms with Gasteiger partial charge in [-0.05, 0) is 43.2 Å². The third-order valence-corrected chi connectivity index (χ3v) is 7.19. The number of amides is 2. The van der Waals surface area contributed by atoms with Crippen molar-refractivity contribution in [2.45, 2.75) is 39.3 Å². The molecule has 0 bridgehead atoms. The van der Waals surface area contributed by atoms with Crippen LogP contribution in [0, 0.1) is 0 Å². The van der Waals surface area contributed by atoms with E-state index in [9.17, 15) is 18.0 Å². The number of methoxy groups -OCH3 is 2. The molecule has 198 valence electrons. The zero-order valence-electron chi connectivity index (χ0n) is 21.3. The summed E-state index contributed by atoms with van der Waals surface area (Å²) in [6.07, 6.45) is 2.75. The van der Waals surface area contributed by atoms with Crippen LogP contribution in [-0.4, -0.2) is 64.7 Å². The summed E-state index contributed by atoms with van der Waals surface area (Å²) in [4.78, 5) is 27.9. The summed E-state index contributed by atoms with van der Waals surface area (Å²) in [5, 5.41) is 2.85. The average molecular weight is 585 g/mol. The van der Waals surface area contributed by atoms with Crippen LogP contribution in [0.4, 0.5) is 5.69 Å². The van der Waals surface area contributed by atoms with Crippen LogP contribution in [0.1, 0.15) is 32.3 Å². The molecule has 2 aromatic carbocycles. The Labute approximate surface area is 221 Å². The van der Waals surface area contributed by atoms with E-state index in [4.69, 9.17) is 9.47 Å². The van der Waals surface area contributed by atoms with Crippen LogP contribution in [-0.2, 0) is 26.2 Å². The van der Waals surface area contributed by atoms with Gasteiger partial charge in [0.05, 0.1) is 26.2 Å². The number of carbonyl (C=O) groups is 2. The first-order valence-electron chi connectivity index (χ1n) is 11.5. The summed E-state index contributed by atoms with van der Waals surface area (Å²) in [5.74, 6) is -0.181. The van der Waals surface area contributed by atoms with E-state index in [0.29, 0.717) is 12.3 Å². The van der Waals surface area contributed by atoms with Crippen LogP contribution in [0.2, 0.25) is 0 Å². The van der Waals surface area contributed by atoms with Crippen molar-refractivity contribution in [3.05, 3.63) is 52.5 Å². The van der Waals surface area contributed by atoms with Gasteiger partial charge in [0.2, 0.25) is 21.8 Å². The molecule has 1 unspecified atom stereocenters. The number of halogens is 1. The molecule has 0 aliphatic rings. The highest BCUT2D eigenvalue weighted by Gasteiger charge is 2.31. The summed E-state index contributed by atoms with van der Waals surface area (Å²) in [5.41, 5.74) is 0.950. The van der Waals surface area contributed by atoms with E-state index in [1.165, 1.54) is 25.2 Å². The maximum atomic E-state index is 13.6. The third kappa shape index (κ3) is 8.12. The lowest BCUT2D eigenvalue weighted by atomic mass is 10.1. The monoisotopic (exact) mass is 583 g/mol. The van der Waals surface area contributed by atoms with E-state index in [1.807, 2.05) is 31.2 Å². The van der Waals surface area contributed by atoms with Crippen LogP contribution in [0.15, 0.2) is 46.9 Å². The van der Waals surface area contributed by atoms with Crippen LogP contribution in [0.5, 0.6) is 11.5 Å². The Hall–Kier alpha value is -2.79. The summed E-state index contributed by atoms with van der Waals surface area (Å²) in [6.45, 7) is 3.74. The number of hydrogen-bond acceptors (Lipinski definition) is 6. The van der Waals surface area contributed by atoms with Crippen molar-refractivity contribution in [2.24, 2.45) is 0 Å². The fourth-order valence-electron chi connectivity index (χ4n) is 3.54. The summed E-state index contributed by atoms with van der Waals surface area (Å²) >= 11 is 3.43. The van der Waals surface area contributed by atoms with Gasteiger partial charge in [0.1, 0.15) is 24.1 Å². The fraction of sp³-hybridized carbons (Fsp3) is 0.440. The predicted molar refractivity (Wildman–Crippen MR) is 144 cm³/mol. The molecule has 1 N–H and O–H groups in total. The van der Waals surface area contributed by atoms with E-state index in [2.05, 4.69) is 21.2 Å². The van der Waals surface area contributed by atoms with E-state index >= 15 is 0 Å². The number of nitrogens with one attached hydrogen (secondary N) is 1. The molecular formula is C25H34BrN3O6S. The van der Waals surface area contributed by atoms with Crippen molar-refractivity contribution in [3.63, 3.8) is 0 Å². The fourth-order valence-corrected chi connectivity index (χ4v) is 4.83. The molecular weight excluding hydrogens is 550 g/mol. The Bertz CT molecular complexity index is 1160. The van der Waals surface area contributed by atoms with Crippen LogP contribution < -0.4 is 19.1 Å². The largest absolute Gasteiger partial charge is 0.497 e. The summed E-state index contributed by atoms with van der Waals surface area (Å²) in [6, 6.07) is 11.2. The zero-order valence-corrected chi connectivity index (χ0v) is 23.7. The quantitative estimate of drug-likeness (QED) is 0.361. The van der Waals surface area contributed by atoms with E-state index in [0.717, 1.165) is 33.4 Å². The maximum absolute atomic E-state index is 13.6. The number of ether oxygens (including phenoxy) is 2. The van der Waals surface area contributed by atoms with Crippen molar-refractivity contribution in [1.29, 1.82) is 0 Å². The molecule has 9 nitrogen and oxygen atoms in total. The normalized spacial score (nSPS) is 11.9. The van der Waals surface area contributed by atoms with E-state index in [1.54, 1.807) is 19.1 Å². The van der Waals surface area contributed by atoms with Crippen LogP contribution in [0.3, 0.4) is 0 Å². The van der Waals surface area contributed by atoms with Gasteiger partial charge < -0.3 is 19.7 Å². The maximum Gasteiger partial charge on any atom is 0.244 e. The smallest absolute Gasteiger partial charge is 0.244 e. The number of unbranched alkanes of at least 4 members (excludes halogenated alkanes) is 1. The third-order valence-electron chi connectivity index (χ3n) is 5.57. The van der Waals surface area contributed by atoms with Gasteiger partial charge in [-0.25, -0.2) is 8.42 Å². The average Bonchev–Trinajstić information content (AvgIpc) is 2.84. The second kappa shape index (κ2) is 13.5. The lowest BCUT2D eigenvalue weighted by Gasteiger charge is -2.32. The number of rotatable bonds is 13. The van der Waals surface area contributed by atoms with Crippen molar-refractivity contribution >= 4 is 43.5 Å². The molecule has 0 saturated carbocycles. The highest BCUT2D eigenvalue weighted by molar-refractivity contribution is 9.10. The summed E-state index contributed by atoms with van der Waals surface area (Å²) in [7, 11) is -1.03. The standard InChI is InChI=1S/C25H34BrN3O6S/c1-6-7-13-27-25(31)18(2)28(16-19-9-8-10-20(26)14-19)24(30)17-29(36(5,32)33)22-15-21(34-3)11-12-23(22)35-4/h8-12,14-15,18H,6-7,13,16-17H2,1-5H3,(H,27,31). The molecule has 1 atom stereocenters. The molecule has 36 heavy (non-hydrogen) atoms. The second-order valence-corrected chi connectivity index (χ2v) is 11.1. The topological polar surface area (TPSA) is 105 Å². The first-order chi connectivity index (χ1) is 17.0. The number of anilines is 1. The van der Waals surface area contributed by atoms with Gasteiger partial charge in [0, 0.05) is 23.6 Å². The molecule has 0 heterocycles. The first-order valence-corrected chi connectivity index (χ1v) is 14.2. The Morgan fingerprint density at radius 3 is 2.42 bits per heavy atom. The van der Waals surface area contributed by atoms with E-state index < -0.39 is 28.5 Å². The minimum Gasteiger partial charge on any atom is -0.497 e. The lowest BCUT2D eigenvalue weighted by molar-refractivity contribution is -0.139. The Balaban J connectivity index is 2.44. The molecule has 2 amide bonds. The molecule has 0 spiro atoms. The zero-order chi connectivity index (χ0) is 26.9. The SMILES string of the molecule is CCCCNC(=O)C(C)N(Cc1cccc(Br)c1)C(=O)CN(c1cc(OC)ccc1OC)S(C)(=O)=O. The number of hydrogen-bond donors (Lipinski definition) is 1. The van der Waals surface area contributed by atoms with Gasteiger partial charge in [0.15, 0.2) is 0 Å². The number of nitrogens with zero attached hydrogens (tertiary/aromatic N) is 2. The lowest BCUT2D eigenvalue weighted by Crippen LogP contribution is -2.51. The number of benzene rings is 2. The Kier molecular flexibility index (Phi) is 11.0. The number of sulfonamides is 1. The van der Waals surface area contributed by atoms with Crippen molar-refractivity contribution in [2.75, 3.05) is 37.9 Å². The number of carbonyl (C=O) groups excluding carboxylic acids is 2. The van der Waals surface area contributed by atoms with Gasteiger partial charge in [-0.15, -0.1) is 0 Å². The van der Waals surface area contributed by atoms with Crippen LogP contribution in [0.25, 0.3) is 0 Å². The molecule has 2 aromatic rings. The van der Waals surface area contributed by atoms with Crippen LogP contribution >= 0.6 is 15.9 Å². The highest BCUT2D eigenvalue weighted by atomic mass is 79.9. The minimum absolute atomic E-state index is 0.119. The van der Waals surface area contributed by atoms with Gasteiger partial charge in [0.25, 0.3) is 0 Å². The van der Waals surface area contributed by atoms with Gasteiger partial charge in [-0.3, -0.25) is 13.9 Å². The Morgan fingerprint density at radius 1 is 1.11 bits per heavy atom. The van der Waals surface area contributed by atoms with Gasteiger partial charge >= 0.3 is 0 Å². The summed E-state index contributed by atoms with van der Waals surface area (Å²) < 4.78 is 38.0. The van der Waals surface area contributed by atoms with Gasteiger partial charge in [-0.2, -0.15) is 0 Å². The van der Waals surface area contributed by atoms with Crippen molar-refractivity contribution < 1.29 is 27.5 Å². The molecule has 0 radical (unpaired) electrons. The molecule has 0 fully saturated rings. The van der Waals surface area contributed by atoms with Crippen molar-refractivity contribution in [3.8, 4) is 11.5 Å². The minimum atomic E-state index is -3.90. The molecule has 0 aliphatic heterocycles.